The van der Waals surface area contributed by atoms with Crippen molar-refractivity contribution in [3.63, 3.8) is 0 Å². The average molecular weight is 482 g/mol. The molecule has 3 rings (SSSR count). The van der Waals surface area contributed by atoms with Crippen molar-refractivity contribution in [3.8, 4) is 34.5 Å². The molecule has 1 amide bonds. The van der Waals surface area contributed by atoms with Gasteiger partial charge >= 0.3 is 0 Å². The number of nitrogens with one attached hydrogen (secondary N) is 1. The number of carbonyl (C=O) groups is 1. The second-order valence-corrected chi connectivity index (χ2v) is 7.31. The first-order chi connectivity index (χ1) is 17.1. The fourth-order valence-corrected chi connectivity index (χ4v) is 3.37. The van der Waals surface area contributed by atoms with Gasteiger partial charge in [0.25, 0.3) is 5.91 Å². The van der Waals surface area contributed by atoms with Crippen LogP contribution in [0.25, 0.3) is 0 Å². The van der Waals surface area contributed by atoms with Crippen LogP contribution in [0, 0.1) is 0 Å². The summed E-state index contributed by atoms with van der Waals surface area (Å²) in [6.07, 6.45) is 0. The van der Waals surface area contributed by atoms with Crippen molar-refractivity contribution in [3.05, 3.63) is 71.8 Å². The third-order valence-corrected chi connectivity index (χ3v) is 5.08. The van der Waals surface area contributed by atoms with Gasteiger partial charge in [0, 0.05) is 23.7 Å². The summed E-state index contributed by atoms with van der Waals surface area (Å²) in [6, 6.07) is 18.1. The van der Waals surface area contributed by atoms with Crippen LogP contribution in [0.5, 0.6) is 34.5 Å². The first kappa shape index (κ1) is 25.6. The highest BCUT2D eigenvalue weighted by atomic mass is 16.5. The van der Waals surface area contributed by atoms with Crippen molar-refractivity contribution in [2.45, 2.75) is 13.5 Å². The normalized spacial score (nSPS) is 10.3. The minimum Gasteiger partial charge on any atom is -0.496 e. The smallest absolute Gasteiger partial charge is 0.251 e. The van der Waals surface area contributed by atoms with Gasteiger partial charge < -0.3 is 33.7 Å². The van der Waals surface area contributed by atoms with Gasteiger partial charge in [0.15, 0.2) is 23.0 Å². The van der Waals surface area contributed by atoms with E-state index in [4.69, 9.17) is 28.4 Å². The lowest BCUT2D eigenvalue weighted by Gasteiger charge is -2.15. The maximum Gasteiger partial charge on any atom is 0.251 e. The number of hydrogen-bond acceptors (Lipinski definition) is 7. The molecule has 0 saturated carbocycles. The third kappa shape index (κ3) is 6.96. The van der Waals surface area contributed by atoms with Crippen molar-refractivity contribution >= 4 is 5.91 Å². The summed E-state index contributed by atoms with van der Waals surface area (Å²) in [6.45, 7) is 3.26. The van der Waals surface area contributed by atoms with E-state index in [-0.39, 0.29) is 12.5 Å². The molecule has 0 bridgehead atoms. The Balaban J connectivity index is 1.64. The molecule has 0 spiro atoms. The number of ether oxygens (including phenoxy) is 6. The van der Waals surface area contributed by atoms with Gasteiger partial charge in [-0.1, -0.05) is 18.2 Å². The van der Waals surface area contributed by atoms with Crippen LogP contribution in [0.2, 0.25) is 0 Å². The lowest BCUT2D eigenvalue weighted by molar-refractivity contribution is 0.0950. The lowest BCUT2D eigenvalue weighted by Crippen LogP contribution is -2.23. The molecule has 0 aromatic heterocycles. The lowest BCUT2D eigenvalue weighted by atomic mass is 10.1. The fraction of sp³-hybridized carbons (Fsp3) is 0.296. The van der Waals surface area contributed by atoms with Gasteiger partial charge in [0.2, 0.25) is 0 Å². The zero-order valence-electron chi connectivity index (χ0n) is 20.5. The van der Waals surface area contributed by atoms with E-state index in [1.807, 2.05) is 37.3 Å². The molecule has 0 radical (unpaired) electrons. The predicted octanol–water partition coefficient (Wildman–Crippen LogP) is 4.50. The topological polar surface area (TPSA) is 84.5 Å². The van der Waals surface area contributed by atoms with Crippen molar-refractivity contribution in [1.29, 1.82) is 0 Å². The Kier molecular flexibility index (Phi) is 9.48. The minimum atomic E-state index is -0.262. The van der Waals surface area contributed by atoms with Gasteiger partial charge in [0.05, 0.1) is 27.9 Å². The van der Waals surface area contributed by atoms with Crippen molar-refractivity contribution in [2.75, 3.05) is 41.2 Å². The van der Waals surface area contributed by atoms with Gasteiger partial charge in [-0.3, -0.25) is 4.79 Å². The van der Waals surface area contributed by atoms with Crippen LogP contribution in [-0.2, 0) is 6.54 Å². The molecule has 8 heteroatoms. The van der Waals surface area contributed by atoms with E-state index < -0.39 is 0 Å². The standard InChI is InChI=1S/C27H31NO7/c1-5-33-26-15-19(11-12-22(26)35-14-13-34-21-9-7-6-8-10-21)27(29)28-18-20-16-24(31-3)25(32-4)17-23(20)30-2/h6-12,15-17H,5,13-14,18H2,1-4H3,(H,28,29). The second kappa shape index (κ2) is 13.0. The quantitative estimate of drug-likeness (QED) is 0.360. The first-order valence-electron chi connectivity index (χ1n) is 11.2. The molecule has 0 saturated heterocycles. The molecule has 0 aliphatic heterocycles. The summed E-state index contributed by atoms with van der Waals surface area (Å²) in [4.78, 5) is 12.9. The van der Waals surface area contributed by atoms with Crippen LogP contribution in [0.3, 0.4) is 0 Å². The van der Waals surface area contributed by atoms with E-state index in [9.17, 15) is 4.79 Å². The Hall–Kier alpha value is -4.07. The molecule has 0 aliphatic carbocycles. The number of hydrogen-bond donors (Lipinski definition) is 1. The zero-order valence-corrected chi connectivity index (χ0v) is 20.5. The molecule has 1 N–H and O–H groups in total. The third-order valence-electron chi connectivity index (χ3n) is 5.08. The molecule has 3 aromatic carbocycles. The van der Waals surface area contributed by atoms with E-state index in [2.05, 4.69) is 5.32 Å². The number of methoxy groups -OCH3 is 3. The highest BCUT2D eigenvalue weighted by molar-refractivity contribution is 5.94. The number of amides is 1. The number of para-hydroxylation sites is 1. The molecular formula is C27H31NO7. The van der Waals surface area contributed by atoms with Crippen LogP contribution in [0.1, 0.15) is 22.8 Å². The van der Waals surface area contributed by atoms with Gasteiger partial charge in [-0.05, 0) is 43.3 Å². The minimum absolute atomic E-state index is 0.238. The molecule has 3 aromatic rings. The van der Waals surface area contributed by atoms with E-state index in [1.165, 1.54) is 0 Å². The van der Waals surface area contributed by atoms with Gasteiger partial charge in [0.1, 0.15) is 24.7 Å². The highest BCUT2D eigenvalue weighted by Gasteiger charge is 2.15. The molecule has 8 nitrogen and oxygen atoms in total. The summed E-state index contributed by atoms with van der Waals surface area (Å²) < 4.78 is 33.3. The fourth-order valence-electron chi connectivity index (χ4n) is 3.37. The van der Waals surface area contributed by atoms with E-state index in [0.29, 0.717) is 54.1 Å². The first-order valence-corrected chi connectivity index (χ1v) is 11.2. The van der Waals surface area contributed by atoms with Crippen LogP contribution < -0.4 is 33.7 Å². The maximum atomic E-state index is 12.9. The van der Waals surface area contributed by atoms with Crippen molar-refractivity contribution in [1.82, 2.24) is 5.32 Å². The molecule has 0 unspecified atom stereocenters. The highest BCUT2D eigenvalue weighted by Crippen LogP contribution is 2.34. The van der Waals surface area contributed by atoms with E-state index >= 15 is 0 Å². The second-order valence-electron chi connectivity index (χ2n) is 7.31. The SMILES string of the molecule is CCOc1cc(C(=O)NCc2cc(OC)c(OC)cc2OC)ccc1OCCOc1ccccc1. The van der Waals surface area contributed by atoms with E-state index in [1.54, 1.807) is 51.7 Å². The average Bonchev–Trinajstić information content (AvgIpc) is 2.90. The summed E-state index contributed by atoms with van der Waals surface area (Å²) in [5, 5.41) is 2.91. The molecule has 0 atom stereocenters. The molecule has 0 aliphatic rings. The van der Waals surface area contributed by atoms with Crippen LogP contribution in [0.15, 0.2) is 60.7 Å². The zero-order chi connectivity index (χ0) is 25.0. The number of carbonyl (C=O) groups excluding carboxylic acids is 1. The van der Waals surface area contributed by atoms with E-state index in [0.717, 1.165) is 11.3 Å². The molecule has 186 valence electrons. The molecule has 35 heavy (non-hydrogen) atoms. The molecule has 0 heterocycles. The maximum absolute atomic E-state index is 12.9. The van der Waals surface area contributed by atoms with Gasteiger partial charge in [-0.2, -0.15) is 0 Å². The largest absolute Gasteiger partial charge is 0.496 e. The Labute approximate surface area is 205 Å². The van der Waals surface area contributed by atoms with Crippen molar-refractivity contribution < 1.29 is 33.2 Å². The Morgan fingerprint density at radius 1 is 0.714 bits per heavy atom. The Bertz CT molecular complexity index is 1100. The van der Waals surface area contributed by atoms with Crippen LogP contribution in [0.4, 0.5) is 0 Å². The number of rotatable bonds is 13. The summed E-state index contributed by atoms with van der Waals surface area (Å²) >= 11 is 0. The van der Waals surface area contributed by atoms with Crippen LogP contribution >= 0.6 is 0 Å². The number of benzene rings is 3. The van der Waals surface area contributed by atoms with Crippen molar-refractivity contribution in [2.24, 2.45) is 0 Å². The monoisotopic (exact) mass is 481 g/mol. The summed E-state index contributed by atoms with van der Waals surface area (Å²) in [5.41, 5.74) is 1.20. The Morgan fingerprint density at radius 2 is 1.40 bits per heavy atom. The Morgan fingerprint density at radius 3 is 2.09 bits per heavy atom. The predicted molar refractivity (Wildman–Crippen MR) is 132 cm³/mol. The summed E-state index contributed by atoms with van der Waals surface area (Å²) in [5.74, 6) is 3.23. The van der Waals surface area contributed by atoms with Gasteiger partial charge in [-0.15, -0.1) is 0 Å². The summed E-state index contributed by atoms with van der Waals surface area (Å²) in [7, 11) is 4.67. The molecular weight excluding hydrogens is 450 g/mol. The van der Waals surface area contributed by atoms with Gasteiger partial charge in [-0.25, -0.2) is 0 Å². The molecule has 0 fully saturated rings. The van der Waals surface area contributed by atoms with Crippen LogP contribution in [-0.4, -0.2) is 47.1 Å².